The number of piperazine rings is 1. The standard InChI is InChI=1S/C18H24N4O2/c1-13-12-21(17(23)24-18(2,3)4)9-10-22(13)16-11-19-14-7-5-6-8-15(14)20-16/h5-8,11,13H,9-10,12H2,1-4H3/t13-/m1/s1. The minimum atomic E-state index is -0.471. The Kier molecular flexibility index (Phi) is 4.30. The van der Waals surface area contributed by atoms with Crippen LogP contribution in [0.15, 0.2) is 30.5 Å². The van der Waals surface area contributed by atoms with Crippen molar-refractivity contribution in [1.82, 2.24) is 14.9 Å². The Balaban J connectivity index is 1.72. The van der Waals surface area contributed by atoms with E-state index in [-0.39, 0.29) is 12.1 Å². The number of carbonyl (C=O) groups is 1. The van der Waals surface area contributed by atoms with Gasteiger partial charge in [0.05, 0.1) is 17.2 Å². The Bertz CT molecular complexity index is 741. The number of amides is 1. The van der Waals surface area contributed by atoms with Crippen molar-refractivity contribution in [3.05, 3.63) is 30.5 Å². The molecule has 0 aliphatic carbocycles. The van der Waals surface area contributed by atoms with Crippen LogP contribution in [0.1, 0.15) is 27.7 Å². The van der Waals surface area contributed by atoms with Crippen LogP contribution in [0.5, 0.6) is 0 Å². The van der Waals surface area contributed by atoms with Gasteiger partial charge in [-0.1, -0.05) is 12.1 Å². The van der Waals surface area contributed by atoms with Crippen LogP contribution in [-0.4, -0.2) is 52.2 Å². The summed E-state index contributed by atoms with van der Waals surface area (Å²) in [6.07, 6.45) is 1.56. The van der Waals surface area contributed by atoms with Gasteiger partial charge < -0.3 is 14.5 Å². The molecule has 0 N–H and O–H groups in total. The maximum absolute atomic E-state index is 12.2. The summed E-state index contributed by atoms with van der Waals surface area (Å²) in [6.45, 7) is 9.69. The number of fused-ring (bicyclic) bond motifs is 1. The molecule has 2 heterocycles. The van der Waals surface area contributed by atoms with E-state index in [9.17, 15) is 4.79 Å². The Labute approximate surface area is 142 Å². The van der Waals surface area contributed by atoms with Crippen molar-refractivity contribution in [3.63, 3.8) is 0 Å². The van der Waals surface area contributed by atoms with Crippen LogP contribution >= 0.6 is 0 Å². The van der Waals surface area contributed by atoms with Gasteiger partial charge in [-0.15, -0.1) is 0 Å². The van der Waals surface area contributed by atoms with E-state index in [0.717, 1.165) is 16.9 Å². The highest BCUT2D eigenvalue weighted by Crippen LogP contribution is 2.21. The molecule has 0 spiro atoms. The molecule has 3 rings (SSSR count). The van der Waals surface area contributed by atoms with E-state index in [1.54, 1.807) is 4.90 Å². The highest BCUT2D eigenvalue weighted by Gasteiger charge is 2.30. The number of benzene rings is 1. The van der Waals surface area contributed by atoms with Crippen LogP contribution in [0.25, 0.3) is 11.0 Å². The van der Waals surface area contributed by atoms with E-state index in [1.807, 2.05) is 51.2 Å². The average molecular weight is 328 g/mol. The Hall–Kier alpha value is -2.37. The molecule has 24 heavy (non-hydrogen) atoms. The summed E-state index contributed by atoms with van der Waals surface area (Å²) in [5.41, 5.74) is 1.31. The largest absolute Gasteiger partial charge is 0.444 e. The zero-order chi connectivity index (χ0) is 17.3. The molecule has 1 aromatic heterocycles. The predicted molar refractivity (Wildman–Crippen MR) is 94.2 cm³/mol. The van der Waals surface area contributed by atoms with Crippen LogP contribution in [0.2, 0.25) is 0 Å². The Morgan fingerprint density at radius 3 is 2.58 bits per heavy atom. The number of carbonyl (C=O) groups excluding carboxylic acids is 1. The lowest BCUT2D eigenvalue weighted by Crippen LogP contribution is -2.54. The molecule has 2 aromatic rings. The predicted octanol–water partition coefficient (Wildman–Crippen LogP) is 3.08. The highest BCUT2D eigenvalue weighted by molar-refractivity contribution is 5.75. The second kappa shape index (κ2) is 6.26. The van der Waals surface area contributed by atoms with Gasteiger partial charge in [0.1, 0.15) is 11.4 Å². The molecule has 128 valence electrons. The van der Waals surface area contributed by atoms with Gasteiger partial charge in [-0.25, -0.2) is 9.78 Å². The second-order valence-corrected chi connectivity index (χ2v) is 7.19. The molecule has 1 atom stereocenters. The molecule has 6 heteroatoms. The third-order valence-corrected chi connectivity index (χ3v) is 4.01. The first-order valence-corrected chi connectivity index (χ1v) is 8.30. The summed E-state index contributed by atoms with van der Waals surface area (Å²) in [5, 5.41) is 0. The summed E-state index contributed by atoms with van der Waals surface area (Å²) in [6, 6.07) is 7.99. The van der Waals surface area contributed by atoms with Crippen LogP contribution in [0.4, 0.5) is 10.6 Å². The molecule has 1 amide bonds. The molecule has 1 aliphatic heterocycles. The maximum atomic E-state index is 12.2. The number of rotatable bonds is 1. The molecular weight excluding hydrogens is 304 g/mol. The zero-order valence-electron chi connectivity index (χ0n) is 14.7. The van der Waals surface area contributed by atoms with Gasteiger partial charge in [0.2, 0.25) is 0 Å². The maximum Gasteiger partial charge on any atom is 0.410 e. The second-order valence-electron chi connectivity index (χ2n) is 7.19. The number of hydrogen-bond donors (Lipinski definition) is 0. The smallest absolute Gasteiger partial charge is 0.410 e. The van der Waals surface area contributed by atoms with Gasteiger partial charge in [0, 0.05) is 25.7 Å². The first-order valence-electron chi connectivity index (χ1n) is 8.30. The van der Waals surface area contributed by atoms with Crippen molar-refractivity contribution in [2.75, 3.05) is 24.5 Å². The molecule has 1 saturated heterocycles. The van der Waals surface area contributed by atoms with Gasteiger partial charge in [-0.3, -0.25) is 4.98 Å². The fourth-order valence-corrected chi connectivity index (χ4v) is 2.88. The Morgan fingerprint density at radius 2 is 1.92 bits per heavy atom. The van der Waals surface area contributed by atoms with Gasteiger partial charge >= 0.3 is 6.09 Å². The lowest BCUT2D eigenvalue weighted by Gasteiger charge is -2.40. The van der Waals surface area contributed by atoms with E-state index in [1.165, 1.54) is 0 Å². The lowest BCUT2D eigenvalue weighted by molar-refractivity contribution is 0.0218. The van der Waals surface area contributed by atoms with Crippen LogP contribution in [0, 0.1) is 0 Å². The van der Waals surface area contributed by atoms with Crippen molar-refractivity contribution >= 4 is 22.9 Å². The first kappa shape index (κ1) is 16.5. The van der Waals surface area contributed by atoms with Crippen molar-refractivity contribution < 1.29 is 9.53 Å². The minimum absolute atomic E-state index is 0.154. The molecule has 1 fully saturated rings. The van der Waals surface area contributed by atoms with E-state index in [0.29, 0.717) is 19.6 Å². The number of para-hydroxylation sites is 2. The number of ether oxygens (including phenoxy) is 1. The summed E-state index contributed by atoms with van der Waals surface area (Å²) in [5.74, 6) is 0.852. The number of nitrogens with zero attached hydrogens (tertiary/aromatic N) is 4. The summed E-state index contributed by atoms with van der Waals surface area (Å²) < 4.78 is 5.46. The third-order valence-electron chi connectivity index (χ3n) is 4.01. The summed E-state index contributed by atoms with van der Waals surface area (Å²) in [7, 11) is 0. The SMILES string of the molecule is C[C@@H]1CN(C(=O)OC(C)(C)C)CCN1c1cnc2ccccc2n1. The van der Waals surface area contributed by atoms with Crippen molar-refractivity contribution in [2.45, 2.75) is 39.3 Å². The molecule has 1 aromatic carbocycles. The quantitative estimate of drug-likeness (QED) is 0.805. The van der Waals surface area contributed by atoms with Gasteiger partial charge in [-0.2, -0.15) is 0 Å². The Morgan fingerprint density at radius 1 is 1.21 bits per heavy atom. The van der Waals surface area contributed by atoms with E-state index < -0.39 is 5.60 Å². The number of anilines is 1. The number of aromatic nitrogens is 2. The van der Waals surface area contributed by atoms with E-state index in [4.69, 9.17) is 9.72 Å². The molecule has 0 radical (unpaired) electrons. The molecule has 0 bridgehead atoms. The third kappa shape index (κ3) is 3.58. The molecular formula is C18H24N4O2. The summed E-state index contributed by atoms with van der Waals surface area (Å²) in [4.78, 5) is 25.4. The monoisotopic (exact) mass is 328 g/mol. The topological polar surface area (TPSA) is 58.6 Å². The summed E-state index contributed by atoms with van der Waals surface area (Å²) >= 11 is 0. The van der Waals surface area contributed by atoms with Crippen molar-refractivity contribution in [2.24, 2.45) is 0 Å². The highest BCUT2D eigenvalue weighted by atomic mass is 16.6. The molecule has 6 nitrogen and oxygen atoms in total. The normalized spacial score (nSPS) is 18.8. The fraction of sp³-hybridized carbons (Fsp3) is 0.500. The zero-order valence-corrected chi connectivity index (χ0v) is 14.7. The van der Waals surface area contributed by atoms with Crippen molar-refractivity contribution in [1.29, 1.82) is 0 Å². The van der Waals surface area contributed by atoms with Gasteiger partial charge in [0.15, 0.2) is 0 Å². The van der Waals surface area contributed by atoms with Gasteiger partial charge in [0.25, 0.3) is 0 Å². The molecule has 0 saturated carbocycles. The van der Waals surface area contributed by atoms with Crippen LogP contribution in [0.3, 0.4) is 0 Å². The van der Waals surface area contributed by atoms with E-state index in [2.05, 4.69) is 16.8 Å². The molecule has 0 unspecified atom stereocenters. The first-order chi connectivity index (χ1) is 11.3. The van der Waals surface area contributed by atoms with Crippen LogP contribution < -0.4 is 4.90 Å². The van der Waals surface area contributed by atoms with E-state index >= 15 is 0 Å². The fourth-order valence-electron chi connectivity index (χ4n) is 2.88. The minimum Gasteiger partial charge on any atom is -0.444 e. The van der Waals surface area contributed by atoms with Crippen LogP contribution in [-0.2, 0) is 4.74 Å². The lowest BCUT2D eigenvalue weighted by atomic mass is 10.2. The van der Waals surface area contributed by atoms with Gasteiger partial charge in [-0.05, 0) is 39.8 Å². The number of hydrogen-bond acceptors (Lipinski definition) is 5. The average Bonchev–Trinajstić information content (AvgIpc) is 2.52. The molecule has 1 aliphatic rings. The van der Waals surface area contributed by atoms with Crippen molar-refractivity contribution in [3.8, 4) is 0 Å².